The van der Waals surface area contributed by atoms with Crippen LogP contribution >= 0.6 is 15.9 Å². The molecule has 4 heteroatoms. The van der Waals surface area contributed by atoms with Gasteiger partial charge in [-0.15, -0.1) is 0 Å². The van der Waals surface area contributed by atoms with Crippen LogP contribution in [0, 0.1) is 5.82 Å². The van der Waals surface area contributed by atoms with E-state index < -0.39 is 11.9 Å². The fraction of sp³-hybridized carbons (Fsp3) is 0.231. The molecule has 1 unspecified atom stereocenters. The van der Waals surface area contributed by atoms with Crippen molar-refractivity contribution in [2.75, 3.05) is 0 Å². The summed E-state index contributed by atoms with van der Waals surface area (Å²) in [5.74, 6) is 0.388. The number of rotatable bonds is 4. The molecule has 1 heterocycles. The van der Waals surface area contributed by atoms with Crippen molar-refractivity contribution in [2.24, 2.45) is 0 Å². The number of hydrogen-bond donors (Lipinski definition) is 1. The Morgan fingerprint density at radius 3 is 2.82 bits per heavy atom. The summed E-state index contributed by atoms with van der Waals surface area (Å²) in [5, 5.41) is 9.92. The Morgan fingerprint density at radius 2 is 2.12 bits per heavy atom. The van der Waals surface area contributed by atoms with E-state index in [-0.39, 0.29) is 0 Å². The fourth-order valence-corrected chi connectivity index (χ4v) is 2.05. The lowest BCUT2D eigenvalue weighted by Crippen LogP contribution is -2.02. The van der Waals surface area contributed by atoms with Gasteiger partial charge in [-0.1, -0.05) is 12.1 Å². The average Bonchev–Trinajstić information content (AvgIpc) is 2.82. The van der Waals surface area contributed by atoms with Crippen LogP contribution in [-0.4, -0.2) is 5.11 Å². The number of aliphatic hydroxyl groups excluding tert-OH is 1. The molecule has 2 nitrogen and oxygen atoms in total. The van der Waals surface area contributed by atoms with Crippen LogP contribution in [0.5, 0.6) is 0 Å². The number of furan rings is 1. The molecular weight excluding hydrogens is 287 g/mol. The quantitative estimate of drug-likeness (QED) is 0.930. The SMILES string of the molecule is OC(CCc1ccco1)c1cccc(Br)c1F. The smallest absolute Gasteiger partial charge is 0.143 e. The maximum absolute atomic E-state index is 13.7. The molecule has 17 heavy (non-hydrogen) atoms. The van der Waals surface area contributed by atoms with Gasteiger partial charge in [0.05, 0.1) is 16.8 Å². The summed E-state index contributed by atoms with van der Waals surface area (Å²) >= 11 is 3.10. The summed E-state index contributed by atoms with van der Waals surface area (Å²) in [6, 6.07) is 8.54. The van der Waals surface area contributed by atoms with Gasteiger partial charge in [0, 0.05) is 12.0 Å². The maximum atomic E-state index is 13.7. The molecule has 0 aliphatic rings. The van der Waals surface area contributed by atoms with E-state index in [1.54, 1.807) is 30.5 Å². The van der Waals surface area contributed by atoms with E-state index in [0.717, 1.165) is 5.76 Å². The molecule has 2 rings (SSSR count). The van der Waals surface area contributed by atoms with Crippen LogP contribution in [0.2, 0.25) is 0 Å². The van der Waals surface area contributed by atoms with Gasteiger partial charge in [0.25, 0.3) is 0 Å². The summed E-state index contributed by atoms with van der Waals surface area (Å²) < 4.78 is 19.2. The number of aryl methyl sites for hydroxylation is 1. The topological polar surface area (TPSA) is 33.4 Å². The van der Waals surface area contributed by atoms with E-state index in [1.165, 1.54) is 0 Å². The highest BCUT2D eigenvalue weighted by molar-refractivity contribution is 9.10. The van der Waals surface area contributed by atoms with E-state index in [2.05, 4.69) is 15.9 Å². The molecule has 0 amide bonds. The summed E-state index contributed by atoms with van der Waals surface area (Å²) in [5.41, 5.74) is 0.311. The van der Waals surface area contributed by atoms with Crippen molar-refractivity contribution in [1.82, 2.24) is 0 Å². The summed E-state index contributed by atoms with van der Waals surface area (Å²) in [4.78, 5) is 0. The van der Waals surface area contributed by atoms with E-state index in [9.17, 15) is 9.50 Å². The first-order valence-electron chi connectivity index (χ1n) is 5.33. The number of halogens is 2. The molecule has 1 N–H and O–H groups in total. The van der Waals surface area contributed by atoms with Gasteiger partial charge in [-0.3, -0.25) is 0 Å². The lowest BCUT2D eigenvalue weighted by atomic mass is 10.0. The zero-order valence-corrected chi connectivity index (χ0v) is 10.7. The summed E-state index contributed by atoms with van der Waals surface area (Å²) in [6.45, 7) is 0. The highest BCUT2D eigenvalue weighted by Gasteiger charge is 2.15. The van der Waals surface area contributed by atoms with Gasteiger partial charge >= 0.3 is 0 Å². The molecule has 1 atom stereocenters. The predicted octanol–water partition coefficient (Wildman–Crippen LogP) is 3.85. The third-order valence-corrected chi connectivity index (χ3v) is 3.20. The van der Waals surface area contributed by atoms with Crippen LogP contribution in [-0.2, 0) is 6.42 Å². The zero-order valence-electron chi connectivity index (χ0n) is 9.07. The molecule has 90 valence electrons. The van der Waals surface area contributed by atoms with Crippen molar-refractivity contribution in [1.29, 1.82) is 0 Å². The minimum Gasteiger partial charge on any atom is -0.469 e. The average molecular weight is 299 g/mol. The van der Waals surface area contributed by atoms with Crippen LogP contribution in [0.3, 0.4) is 0 Å². The Hall–Kier alpha value is -1.13. The maximum Gasteiger partial charge on any atom is 0.143 e. The van der Waals surface area contributed by atoms with Crippen molar-refractivity contribution < 1.29 is 13.9 Å². The van der Waals surface area contributed by atoms with Crippen molar-refractivity contribution in [3.05, 3.63) is 58.2 Å². The monoisotopic (exact) mass is 298 g/mol. The van der Waals surface area contributed by atoms with E-state index in [0.29, 0.717) is 22.9 Å². The van der Waals surface area contributed by atoms with Gasteiger partial charge < -0.3 is 9.52 Å². The second-order valence-electron chi connectivity index (χ2n) is 3.78. The third kappa shape index (κ3) is 2.96. The van der Waals surface area contributed by atoms with Crippen LogP contribution in [0.1, 0.15) is 23.8 Å². The fourth-order valence-electron chi connectivity index (χ4n) is 1.67. The summed E-state index contributed by atoms with van der Waals surface area (Å²) in [7, 11) is 0. The molecule has 1 aromatic heterocycles. The molecule has 0 saturated heterocycles. The molecule has 1 aromatic carbocycles. The zero-order chi connectivity index (χ0) is 12.3. The van der Waals surface area contributed by atoms with Gasteiger partial charge in [0.15, 0.2) is 0 Å². The van der Waals surface area contributed by atoms with Crippen molar-refractivity contribution in [3.8, 4) is 0 Å². The predicted molar refractivity (Wildman–Crippen MR) is 66.1 cm³/mol. The Labute approximate surface area is 107 Å². The lowest BCUT2D eigenvalue weighted by Gasteiger charge is -2.11. The Bertz CT molecular complexity index is 482. The Balaban J connectivity index is 2.04. The van der Waals surface area contributed by atoms with Gasteiger partial charge in [-0.25, -0.2) is 4.39 Å². The molecule has 0 saturated carbocycles. The molecule has 0 spiro atoms. The van der Waals surface area contributed by atoms with E-state index in [4.69, 9.17) is 4.42 Å². The molecule has 0 aliphatic carbocycles. The highest BCUT2D eigenvalue weighted by Crippen LogP contribution is 2.26. The number of benzene rings is 1. The van der Waals surface area contributed by atoms with Crippen molar-refractivity contribution >= 4 is 15.9 Å². The van der Waals surface area contributed by atoms with Crippen LogP contribution in [0.25, 0.3) is 0 Å². The standard InChI is InChI=1S/C13H12BrFO2/c14-11-5-1-4-10(13(11)15)12(16)7-6-9-3-2-8-17-9/h1-5,8,12,16H,6-7H2. The third-order valence-electron chi connectivity index (χ3n) is 2.58. The minimum absolute atomic E-state index is 0.311. The number of aliphatic hydroxyl groups is 1. The summed E-state index contributed by atoms with van der Waals surface area (Å²) in [6.07, 6.45) is 1.78. The minimum atomic E-state index is -0.822. The van der Waals surface area contributed by atoms with Crippen LogP contribution < -0.4 is 0 Å². The second kappa shape index (κ2) is 5.47. The van der Waals surface area contributed by atoms with Gasteiger partial charge in [-0.2, -0.15) is 0 Å². The van der Waals surface area contributed by atoms with Gasteiger partial charge in [0.2, 0.25) is 0 Å². The van der Waals surface area contributed by atoms with Gasteiger partial charge in [0.1, 0.15) is 11.6 Å². The van der Waals surface area contributed by atoms with Crippen molar-refractivity contribution in [2.45, 2.75) is 18.9 Å². The van der Waals surface area contributed by atoms with E-state index in [1.807, 2.05) is 6.07 Å². The first kappa shape index (κ1) is 12.3. The van der Waals surface area contributed by atoms with E-state index >= 15 is 0 Å². The van der Waals surface area contributed by atoms with Crippen molar-refractivity contribution in [3.63, 3.8) is 0 Å². The molecule has 2 aromatic rings. The lowest BCUT2D eigenvalue weighted by molar-refractivity contribution is 0.160. The molecule has 0 bridgehead atoms. The largest absolute Gasteiger partial charge is 0.469 e. The van der Waals surface area contributed by atoms with Gasteiger partial charge in [-0.05, 0) is 40.5 Å². The number of hydrogen-bond acceptors (Lipinski definition) is 2. The molecule has 0 fully saturated rings. The first-order valence-corrected chi connectivity index (χ1v) is 6.12. The van der Waals surface area contributed by atoms with Crippen LogP contribution in [0.4, 0.5) is 4.39 Å². The molecule has 0 radical (unpaired) electrons. The normalized spacial score (nSPS) is 12.6. The Morgan fingerprint density at radius 1 is 1.29 bits per heavy atom. The Kier molecular flexibility index (Phi) is 3.97. The van der Waals surface area contributed by atoms with Crippen LogP contribution in [0.15, 0.2) is 45.5 Å². The highest BCUT2D eigenvalue weighted by atomic mass is 79.9. The second-order valence-corrected chi connectivity index (χ2v) is 4.63. The molecular formula is C13H12BrFO2. The molecule has 0 aliphatic heterocycles. The first-order chi connectivity index (χ1) is 8.18.